The summed E-state index contributed by atoms with van der Waals surface area (Å²) in [5.74, 6) is -1.29. The molecular formula is C33H43N9O5. The maximum absolute atomic E-state index is 13.8. The molecule has 1 aliphatic rings. The molecule has 2 aromatic heterocycles. The molecule has 3 heterocycles. The van der Waals surface area contributed by atoms with Gasteiger partial charge in [-0.1, -0.05) is 44.2 Å². The van der Waals surface area contributed by atoms with Crippen LogP contribution in [0.3, 0.4) is 0 Å². The fraction of sp³-hybridized carbons (Fsp3) is 0.455. The summed E-state index contributed by atoms with van der Waals surface area (Å²) in [6.45, 7) is 7.50. The van der Waals surface area contributed by atoms with Crippen molar-refractivity contribution < 1.29 is 24.0 Å². The summed E-state index contributed by atoms with van der Waals surface area (Å²) >= 11 is 0. The molecule has 47 heavy (non-hydrogen) atoms. The Balaban J connectivity index is 1.62. The fourth-order valence-electron chi connectivity index (χ4n) is 5.28. The predicted octanol–water partition coefficient (Wildman–Crippen LogP) is 1.08. The first-order chi connectivity index (χ1) is 22.5. The minimum atomic E-state index is -0.969. The number of amides is 5. The quantitative estimate of drug-likeness (QED) is 0.325. The van der Waals surface area contributed by atoms with E-state index < -0.39 is 29.9 Å². The molecule has 0 aliphatic carbocycles. The second kappa shape index (κ2) is 16.4. The van der Waals surface area contributed by atoms with Gasteiger partial charge < -0.3 is 26.2 Å². The van der Waals surface area contributed by atoms with Gasteiger partial charge in [0, 0.05) is 44.9 Å². The number of nitrogens with one attached hydrogen (secondary N) is 4. The average molecular weight is 646 g/mol. The highest BCUT2D eigenvalue weighted by Gasteiger charge is 2.31. The number of nitrogens with zero attached hydrogens (tertiary/aromatic N) is 5. The van der Waals surface area contributed by atoms with E-state index in [0.29, 0.717) is 23.6 Å². The molecule has 14 heteroatoms. The van der Waals surface area contributed by atoms with Crippen molar-refractivity contribution in [2.45, 2.75) is 71.6 Å². The topological polar surface area (TPSA) is 180 Å². The summed E-state index contributed by atoms with van der Waals surface area (Å²) in [7, 11) is 0. The van der Waals surface area contributed by atoms with Gasteiger partial charge in [-0.2, -0.15) is 5.10 Å². The van der Waals surface area contributed by atoms with Gasteiger partial charge >= 0.3 is 0 Å². The Bertz CT molecular complexity index is 1540. The van der Waals surface area contributed by atoms with Gasteiger partial charge in [-0.15, -0.1) is 0 Å². The highest BCUT2D eigenvalue weighted by atomic mass is 16.2. The van der Waals surface area contributed by atoms with Crippen molar-refractivity contribution in [2.75, 3.05) is 19.6 Å². The molecule has 14 nitrogen and oxygen atoms in total. The van der Waals surface area contributed by atoms with Gasteiger partial charge in [0.1, 0.15) is 24.5 Å². The van der Waals surface area contributed by atoms with Crippen molar-refractivity contribution >= 4 is 29.5 Å². The van der Waals surface area contributed by atoms with Gasteiger partial charge in [0.25, 0.3) is 5.91 Å². The molecule has 1 aromatic carbocycles. The van der Waals surface area contributed by atoms with Gasteiger partial charge in [-0.3, -0.25) is 29.0 Å². The largest absolute Gasteiger partial charge is 0.353 e. The van der Waals surface area contributed by atoms with E-state index in [2.05, 4.69) is 36.3 Å². The number of hydrogen-bond acceptors (Lipinski definition) is 8. The van der Waals surface area contributed by atoms with Gasteiger partial charge in [0.2, 0.25) is 23.6 Å². The van der Waals surface area contributed by atoms with Crippen LogP contribution in [0.15, 0.2) is 54.9 Å². The first-order valence-corrected chi connectivity index (χ1v) is 15.8. The number of aromatic nitrogens is 4. The lowest BCUT2D eigenvalue weighted by Crippen LogP contribution is -2.54. The Morgan fingerprint density at radius 3 is 2.43 bits per heavy atom. The van der Waals surface area contributed by atoms with Crippen molar-refractivity contribution in [3.8, 4) is 0 Å². The second-order valence-electron chi connectivity index (χ2n) is 11.9. The number of carbonyl (C=O) groups excluding carboxylic acids is 5. The molecule has 0 saturated carbocycles. The Morgan fingerprint density at radius 2 is 1.72 bits per heavy atom. The van der Waals surface area contributed by atoms with E-state index in [1.807, 2.05) is 44.2 Å². The summed E-state index contributed by atoms with van der Waals surface area (Å²) < 4.78 is 1.47. The molecule has 4 rings (SSSR count). The third-order valence-corrected chi connectivity index (χ3v) is 7.76. The maximum atomic E-state index is 13.8. The first-order valence-electron chi connectivity index (χ1n) is 15.8. The molecule has 1 aliphatic heterocycles. The summed E-state index contributed by atoms with van der Waals surface area (Å²) in [4.78, 5) is 76.4. The molecule has 5 amide bonds. The zero-order valence-electron chi connectivity index (χ0n) is 27.2. The van der Waals surface area contributed by atoms with Crippen molar-refractivity contribution in [3.05, 3.63) is 77.6 Å². The predicted molar refractivity (Wildman–Crippen MR) is 173 cm³/mol. The normalized spacial score (nSPS) is 20.8. The Hall–Kier alpha value is -5.14. The molecule has 0 radical (unpaired) electrons. The highest BCUT2D eigenvalue weighted by Crippen LogP contribution is 2.21. The molecular weight excluding hydrogens is 602 g/mol. The van der Waals surface area contributed by atoms with Crippen molar-refractivity contribution in [1.29, 1.82) is 0 Å². The van der Waals surface area contributed by atoms with Crippen molar-refractivity contribution in [2.24, 2.45) is 5.92 Å². The van der Waals surface area contributed by atoms with Gasteiger partial charge in [0.15, 0.2) is 5.82 Å². The van der Waals surface area contributed by atoms with Crippen molar-refractivity contribution in [1.82, 2.24) is 45.9 Å². The number of benzene rings is 1. The highest BCUT2D eigenvalue weighted by molar-refractivity contribution is 5.94. The zero-order valence-corrected chi connectivity index (χ0v) is 27.2. The van der Waals surface area contributed by atoms with Gasteiger partial charge in [-0.25, -0.2) is 9.67 Å². The van der Waals surface area contributed by atoms with Crippen LogP contribution in [-0.2, 0) is 32.1 Å². The monoisotopic (exact) mass is 645 g/mol. The van der Waals surface area contributed by atoms with Crippen LogP contribution in [0.5, 0.6) is 0 Å². The standard InChI is InChI=1S/C33H43N9O5/c1-21(2)29-30-37-23(4)40-42(30)20-28(44)35-15-17-41(33(47)25-12-8-14-34-19-25)16-9-13-27(43)36-22(3)31(45)38-26(32(46)39-29)18-24-10-6-5-7-11-24/h5-8,10-12,14,19,21-22,26,29H,9,13,15-18,20H2,1-4H3,(H,35,44)(H,36,43)(H,38,45)(H,39,46)/t22-,26+,29-/m0/s1. The van der Waals surface area contributed by atoms with E-state index >= 15 is 0 Å². The van der Waals surface area contributed by atoms with Crippen LogP contribution >= 0.6 is 0 Å². The Kier molecular flexibility index (Phi) is 12.1. The van der Waals surface area contributed by atoms with E-state index in [-0.39, 0.29) is 62.7 Å². The van der Waals surface area contributed by atoms with E-state index in [1.165, 1.54) is 10.9 Å². The summed E-state index contributed by atoms with van der Waals surface area (Å²) in [6, 6.07) is 10.1. The van der Waals surface area contributed by atoms with Crippen molar-refractivity contribution in [3.63, 3.8) is 0 Å². The van der Waals surface area contributed by atoms with Crippen LogP contribution in [0.2, 0.25) is 0 Å². The second-order valence-corrected chi connectivity index (χ2v) is 11.9. The number of rotatable bonds is 4. The third-order valence-electron chi connectivity index (χ3n) is 7.76. The van der Waals surface area contributed by atoms with Crippen LogP contribution in [-0.4, -0.2) is 85.9 Å². The maximum Gasteiger partial charge on any atom is 0.255 e. The molecule has 0 unspecified atom stereocenters. The number of pyridine rings is 1. The smallest absolute Gasteiger partial charge is 0.255 e. The third kappa shape index (κ3) is 9.92. The molecule has 250 valence electrons. The van der Waals surface area contributed by atoms with E-state index in [9.17, 15) is 24.0 Å². The molecule has 4 N–H and O–H groups in total. The minimum absolute atomic E-state index is 0.0548. The summed E-state index contributed by atoms with van der Waals surface area (Å²) in [6.07, 6.45) is 3.62. The average Bonchev–Trinajstić information content (AvgIpc) is 3.41. The lowest BCUT2D eigenvalue weighted by molar-refractivity contribution is -0.132. The Labute approximate surface area is 274 Å². The number of fused-ring (bicyclic) bond motifs is 1. The zero-order chi connectivity index (χ0) is 33.9. The lowest BCUT2D eigenvalue weighted by Gasteiger charge is -2.27. The van der Waals surface area contributed by atoms with Crippen LogP contribution < -0.4 is 21.3 Å². The van der Waals surface area contributed by atoms with Crippen LogP contribution in [0.4, 0.5) is 0 Å². The minimum Gasteiger partial charge on any atom is -0.353 e. The first kappa shape index (κ1) is 34.7. The number of hydrogen-bond donors (Lipinski definition) is 4. The molecule has 3 atom stereocenters. The lowest BCUT2D eigenvalue weighted by atomic mass is 10.0. The Morgan fingerprint density at radius 1 is 0.957 bits per heavy atom. The van der Waals surface area contributed by atoms with Crippen LogP contribution in [0, 0.1) is 12.8 Å². The van der Waals surface area contributed by atoms with E-state index in [0.717, 1.165) is 5.56 Å². The molecule has 0 fully saturated rings. The van der Waals surface area contributed by atoms with E-state index in [1.54, 1.807) is 37.1 Å². The summed E-state index contributed by atoms with van der Waals surface area (Å²) in [5, 5.41) is 15.8. The van der Waals surface area contributed by atoms with Crippen LogP contribution in [0.25, 0.3) is 0 Å². The molecule has 0 saturated heterocycles. The fourth-order valence-corrected chi connectivity index (χ4v) is 5.28. The summed E-state index contributed by atoms with van der Waals surface area (Å²) in [5.41, 5.74) is 1.22. The number of carbonyl (C=O) groups is 5. The molecule has 0 bridgehead atoms. The van der Waals surface area contributed by atoms with E-state index in [4.69, 9.17) is 0 Å². The van der Waals surface area contributed by atoms with Gasteiger partial charge in [-0.05, 0) is 43.9 Å². The molecule has 0 spiro atoms. The van der Waals surface area contributed by atoms with Gasteiger partial charge in [0.05, 0.1) is 11.6 Å². The molecule has 3 aromatic rings. The van der Waals surface area contributed by atoms with Crippen LogP contribution in [0.1, 0.15) is 67.2 Å². The SMILES string of the molecule is Cc1nc2n(n1)CC(=O)NCCN(C(=O)c1cccnc1)CCCC(=O)N[C@@H](C)C(=O)N[C@H](Cc1ccccc1)C(=O)N[C@H]2C(C)C. The number of aryl methyl sites for hydroxylation is 1.